The number of nitrogens with one attached hydrogen (secondary N) is 1. The van der Waals surface area contributed by atoms with Crippen molar-refractivity contribution in [3.63, 3.8) is 0 Å². The van der Waals surface area contributed by atoms with Crippen LogP contribution in [-0.4, -0.2) is 36.5 Å². The predicted molar refractivity (Wildman–Crippen MR) is 115 cm³/mol. The lowest BCUT2D eigenvalue weighted by atomic mass is 9.98. The first-order valence-electron chi connectivity index (χ1n) is 9.05. The van der Waals surface area contributed by atoms with Crippen molar-refractivity contribution in [1.29, 1.82) is 0 Å². The molecule has 4 rings (SSSR count). The Morgan fingerprint density at radius 1 is 1.18 bits per heavy atom. The Balaban J connectivity index is 1.50. The number of carbonyl (C=O) groups excluding carboxylic acids is 2. The molecule has 0 fully saturated rings. The van der Waals surface area contributed by atoms with Crippen molar-refractivity contribution in [2.24, 2.45) is 0 Å². The fourth-order valence-corrected chi connectivity index (χ4v) is 6.02. The maximum atomic E-state index is 12.8. The second kappa shape index (κ2) is 8.57. The number of anilines is 1. The van der Waals surface area contributed by atoms with Gasteiger partial charge in [-0.15, -0.1) is 34.0 Å². The summed E-state index contributed by atoms with van der Waals surface area (Å²) in [6.45, 7) is 3.18. The molecule has 1 amide bonds. The van der Waals surface area contributed by atoms with Gasteiger partial charge in [-0.05, 0) is 53.2 Å². The van der Waals surface area contributed by atoms with Crippen LogP contribution in [0, 0.1) is 0 Å². The van der Waals surface area contributed by atoms with Gasteiger partial charge in [0, 0.05) is 16.3 Å². The highest BCUT2D eigenvalue weighted by Gasteiger charge is 2.31. The molecule has 0 aliphatic carbocycles. The predicted octanol–water partition coefficient (Wildman–Crippen LogP) is 4.63. The Bertz CT molecular complexity index is 961. The molecular formula is C20H20N2O3S3. The van der Waals surface area contributed by atoms with Gasteiger partial charge < -0.3 is 10.1 Å². The Labute approximate surface area is 175 Å². The Kier molecular flexibility index (Phi) is 5.91. The smallest absolute Gasteiger partial charge is 0.341 e. The summed E-state index contributed by atoms with van der Waals surface area (Å²) in [6, 6.07) is 8.15. The van der Waals surface area contributed by atoms with Crippen molar-refractivity contribution in [3.8, 4) is 0 Å². The van der Waals surface area contributed by atoms with Gasteiger partial charge >= 0.3 is 5.97 Å². The molecule has 1 unspecified atom stereocenters. The van der Waals surface area contributed by atoms with E-state index in [9.17, 15) is 9.59 Å². The van der Waals surface area contributed by atoms with E-state index >= 15 is 0 Å². The van der Waals surface area contributed by atoms with E-state index in [1.54, 1.807) is 41.0 Å². The molecule has 3 aromatic rings. The molecule has 0 radical (unpaired) electrons. The van der Waals surface area contributed by atoms with Crippen LogP contribution in [0.25, 0.3) is 0 Å². The zero-order valence-corrected chi connectivity index (χ0v) is 17.8. The summed E-state index contributed by atoms with van der Waals surface area (Å²) in [5, 5.41) is 9.44. The minimum atomic E-state index is -0.406. The summed E-state index contributed by atoms with van der Waals surface area (Å²) < 4.78 is 5.06. The molecule has 1 aliphatic heterocycles. The Hall–Kier alpha value is -2.00. The summed E-state index contributed by atoms with van der Waals surface area (Å²) >= 11 is 4.84. The van der Waals surface area contributed by atoms with Crippen molar-refractivity contribution in [2.45, 2.75) is 19.4 Å². The number of ether oxygens (including phenoxy) is 1. The quantitative estimate of drug-likeness (QED) is 0.577. The Morgan fingerprint density at radius 2 is 2.04 bits per heavy atom. The number of carbonyl (C=O) groups is 2. The third-order valence-electron chi connectivity index (χ3n) is 4.64. The highest BCUT2D eigenvalue weighted by molar-refractivity contribution is 7.14. The topological polar surface area (TPSA) is 58.6 Å². The summed E-state index contributed by atoms with van der Waals surface area (Å²) in [6.07, 6.45) is 0.954. The van der Waals surface area contributed by atoms with E-state index in [-0.39, 0.29) is 18.5 Å². The number of nitrogens with zero attached hydrogens (tertiary/aromatic N) is 1. The minimum absolute atomic E-state index is 0.105. The third-order valence-corrected chi connectivity index (χ3v) is 7.39. The van der Waals surface area contributed by atoms with E-state index in [0.29, 0.717) is 17.2 Å². The number of esters is 1. The molecule has 0 saturated carbocycles. The van der Waals surface area contributed by atoms with Crippen LogP contribution >= 0.6 is 34.0 Å². The average Bonchev–Trinajstić information content (AvgIpc) is 3.43. The van der Waals surface area contributed by atoms with Gasteiger partial charge in [0.2, 0.25) is 5.91 Å². The average molecular weight is 433 g/mol. The highest BCUT2D eigenvalue weighted by Crippen LogP contribution is 2.39. The first kappa shape index (κ1) is 19.3. The highest BCUT2D eigenvalue weighted by atomic mass is 32.1. The number of fused-ring (bicyclic) bond motifs is 1. The van der Waals surface area contributed by atoms with Crippen LogP contribution < -0.4 is 5.32 Å². The van der Waals surface area contributed by atoms with Crippen LogP contribution in [-0.2, 0) is 16.0 Å². The fraction of sp³-hybridized carbons (Fsp3) is 0.300. The van der Waals surface area contributed by atoms with Gasteiger partial charge in [-0.25, -0.2) is 4.79 Å². The van der Waals surface area contributed by atoms with E-state index in [2.05, 4.69) is 39.2 Å². The third kappa shape index (κ3) is 3.91. The summed E-state index contributed by atoms with van der Waals surface area (Å²) in [5.74, 6) is -0.523. The van der Waals surface area contributed by atoms with Gasteiger partial charge in [0.25, 0.3) is 0 Å². The van der Waals surface area contributed by atoms with E-state index in [4.69, 9.17) is 4.74 Å². The molecule has 1 N–H and O–H groups in total. The van der Waals surface area contributed by atoms with Crippen molar-refractivity contribution >= 4 is 50.9 Å². The molecule has 0 saturated heterocycles. The van der Waals surface area contributed by atoms with Crippen molar-refractivity contribution < 1.29 is 14.3 Å². The van der Waals surface area contributed by atoms with Gasteiger partial charge in [-0.3, -0.25) is 9.69 Å². The van der Waals surface area contributed by atoms with Crippen LogP contribution in [0.5, 0.6) is 0 Å². The lowest BCUT2D eigenvalue weighted by Crippen LogP contribution is -2.40. The van der Waals surface area contributed by atoms with Crippen LogP contribution in [0.1, 0.15) is 38.6 Å². The second-order valence-electron chi connectivity index (χ2n) is 6.37. The van der Waals surface area contributed by atoms with Crippen LogP contribution in [0.15, 0.2) is 40.4 Å². The van der Waals surface area contributed by atoms with Crippen molar-refractivity contribution in [2.75, 3.05) is 25.0 Å². The first-order chi connectivity index (χ1) is 13.7. The molecule has 0 spiro atoms. The molecule has 146 valence electrons. The first-order valence-corrected chi connectivity index (χ1v) is 11.7. The molecule has 28 heavy (non-hydrogen) atoms. The molecular weight excluding hydrogens is 412 g/mol. The van der Waals surface area contributed by atoms with E-state index in [1.807, 2.05) is 0 Å². The lowest BCUT2D eigenvalue weighted by Gasteiger charge is -2.34. The molecule has 1 aliphatic rings. The monoisotopic (exact) mass is 432 g/mol. The summed E-state index contributed by atoms with van der Waals surface area (Å²) in [4.78, 5) is 29.7. The minimum Gasteiger partial charge on any atom is -0.462 e. The molecule has 5 nitrogen and oxygen atoms in total. The molecule has 4 heterocycles. The number of thiophene rings is 3. The van der Waals surface area contributed by atoms with Crippen LogP contribution in [0.2, 0.25) is 0 Å². The van der Waals surface area contributed by atoms with Crippen LogP contribution in [0.3, 0.4) is 0 Å². The van der Waals surface area contributed by atoms with Gasteiger partial charge in [0.1, 0.15) is 5.00 Å². The molecule has 0 aromatic carbocycles. The van der Waals surface area contributed by atoms with Crippen molar-refractivity contribution in [1.82, 2.24) is 4.90 Å². The van der Waals surface area contributed by atoms with Crippen molar-refractivity contribution in [3.05, 3.63) is 61.3 Å². The number of hydrogen-bond donors (Lipinski definition) is 1. The zero-order chi connectivity index (χ0) is 19.5. The van der Waals surface area contributed by atoms with Gasteiger partial charge in [-0.1, -0.05) is 6.07 Å². The van der Waals surface area contributed by atoms with E-state index < -0.39 is 5.97 Å². The SMILES string of the molecule is CCOC(=O)c1ccsc1NC(=O)CN1CCc2sccc2C1c1cccs1. The van der Waals surface area contributed by atoms with E-state index in [1.165, 1.54) is 26.7 Å². The summed E-state index contributed by atoms with van der Waals surface area (Å²) in [7, 11) is 0. The van der Waals surface area contributed by atoms with Crippen LogP contribution in [0.4, 0.5) is 5.00 Å². The summed E-state index contributed by atoms with van der Waals surface area (Å²) in [5.41, 5.74) is 1.71. The molecule has 1 atom stereocenters. The maximum absolute atomic E-state index is 12.8. The number of rotatable bonds is 6. The normalized spacial score (nSPS) is 16.5. The van der Waals surface area contributed by atoms with Gasteiger partial charge in [0.05, 0.1) is 24.8 Å². The molecule has 0 bridgehead atoms. The second-order valence-corrected chi connectivity index (χ2v) is 9.27. The van der Waals surface area contributed by atoms with Gasteiger partial charge in [-0.2, -0.15) is 0 Å². The number of hydrogen-bond acceptors (Lipinski definition) is 7. The lowest BCUT2D eigenvalue weighted by molar-refractivity contribution is -0.117. The molecule has 3 aromatic heterocycles. The largest absolute Gasteiger partial charge is 0.462 e. The number of amides is 1. The molecule has 8 heteroatoms. The zero-order valence-electron chi connectivity index (χ0n) is 15.3. The Morgan fingerprint density at radius 3 is 2.82 bits per heavy atom. The standard InChI is InChI=1S/C20H20N2O3S3/c1-2-25-20(24)14-7-11-28-19(14)21-17(23)12-22-8-5-15-13(6-10-27-15)18(22)16-4-3-9-26-16/h3-4,6-7,9-11,18H,2,5,8,12H2,1H3,(H,21,23). The van der Waals surface area contributed by atoms with E-state index in [0.717, 1.165) is 13.0 Å². The fourth-order valence-electron chi connectivity index (χ4n) is 3.44. The van der Waals surface area contributed by atoms with Gasteiger partial charge in [0.15, 0.2) is 0 Å². The maximum Gasteiger partial charge on any atom is 0.341 e.